The summed E-state index contributed by atoms with van der Waals surface area (Å²) in [5.74, 6) is -1.29. The Morgan fingerprint density at radius 2 is 1.89 bits per heavy atom. The predicted octanol–water partition coefficient (Wildman–Crippen LogP) is 5.76. The number of nitrogens with one attached hydrogen (secondary N) is 1. The summed E-state index contributed by atoms with van der Waals surface area (Å²) in [6.07, 6.45) is -0.616. The summed E-state index contributed by atoms with van der Waals surface area (Å²) < 4.78 is 50.2. The number of nitrogens with zero attached hydrogens (tertiary/aromatic N) is 3. The number of carbonyl (C=O) groups excluding carboxylic acids is 1. The molecular weight excluding hydrogens is 489 g/mol. The lowest BCUT2D eigenvalue weighted by Gasteiger charge is -2.20. The SMILES string of the molecule is CC[C@H](C)n1c(CCOc2cnn(C(C)C)c2)ccc1C(=O)Nc1cc(CC(=O)O)ccc1C(F)(F)F. The third-order valence-electron chi connectivity index (χ3n) is 5.99. The number of hydrogen-bond donors (Lipinski definition) is 2. The fourth-order valence-corrected chi connectivity index (χ4v) is 3.95. The Morgan fingerprint density at radius 1 is 1.16 bits per heavy atom. The van der Waals surface area contributed by atoms with Crippen LogP contribution in [0.4, 0.5) is 18.9 Å². The third-order valence-corrected chi connectivity index (χ3v) is 5.99. The van der Waals surface area contributed by atoms with Crippen LogP contribution in [-0.4, -0.2) is 37.9 Å². The molecule has 37 heavy (non-hydrogen) atoms. The molecule has 0 spiro atoms. The van der Waals surface area contributed by atoms with Gasteiger partial charge in [0.1, 0.15) is 5.69 Å². The monoisotopic (exact) mass is 520 g/mol. The van der Waals surface area contributed by atoms with E-state index in [-0.39, 0.29) is 23.3 Å². The van der Waals surface area contributed by atoms with Crippen molar-refractivity contribution in [2.75, 3.05) is 11.9 Å². The van der Waals surface area contributed by atoms with Gasteiger partial charge in [-0.15, -0.1) is 0 Å². The first kappa shape index (κ1) is 27.8. The fraction of sp³-hybridized carbons (Fsp3) is 0.423. The van der Waals surface area contributed by atoms with Gasteiger partial charge in [0.25, 0.3) is 5.91 Å². The third kappa shape index (κ3) is 6.93. The number of carboxylic acids is 1. The topological polar surface area (TPSA) is 98.4 Å². The van der Waals surface area contributed by atoms with Crippen molar-refractivity contribution in [2.45, 2.75) is 65.2 Å². The van der Waals surface area contributed by atoms with E-state index in [4.69, 9.17) is 9.84 Å². The number of rotatable bonds is 11. The number of benzene rings is 1. The van der Waals surface area contributed by atoms with Crippen LogP contribution in [0, 0.1) is 0 Å². The van der Waals surface area contributed by atoms with Crippen LogP contribution in [0.5, 0.6) is 5.75 Å². The molecule has 0 bridgehead atoms. The summed E-state index contributed by atoms with van der Waals surface area (Å²) in [5, 5.41) is 15.6. The maximum atomic E-state index is 13.6. The predicted molar refractivity (Wildman–Crippen MR) is 132 cm³/mol. The Bertz CT molecular complexity index is 1250. The fourth-order valence-electron chi connectivity index (χ4n) is 3.95. The number of carboxylic acid groups (broad SMARTS) is 1. The van der Waals surface area contributed by atoms with E-state index in [1.54, 1.807) is 33.8 Å². The highest BCUT2D eigenvalue weighted by Gasteiger charge is 2.34. The highest BCUT2D eigenvalue weighted by Crippen LogP contribution is 2.36. The lowest BCUT2D eigenvalue weighted by atomic mass is 10.1. The highest BCUT2D eigenvalue weighted by atomic mass is 19.4. The van der Waals surface area contributed by atoms with Gasteiger partial charge in [-0.2, -0.15) is 18.3 Å². The molecule has 200 valence electrons. The maximum absolute atomic E-state index is 13.6. The first-order chi connectivity index (χ1) is 17.4. The van der Waals surface area contributed by atoms with E-state index in [0.717, 1.165) is 23.9 Å². The quantitative estimate of drug-likeness (QED) is 0.335. The number of aromatic nitrogens is 3. The molecule has 3 aromatic rings. The van der Waals surface area contributed by atoms with Crippen LogP contribution in [0.25, 0.3) is 0 Å². The van der Waals surface area contributed by atoms with Gasteiger partial charge in [0.2, 0.25) is 0 Å². The van der Waals surface area contributed by atoms with Gasteiger partial charge in [0.15, 0.2) is 5.75 Å². The molecule has 0 saturated heterocycles. The Labute approximate surface area is 213 Å². The molecule has 0 saturated carbocycles. The standard InChI is InChI=1S/C26H31F3N4O4/c1-5-17(4)33-19(10-11-37-20-14-30-32(15-20)16(2)3)7-9-23(33)25(36)31-22-12-18(13-24(34)35)6-8-21(22)26(27,28)29/h6-9,12,14-17H,5,10-11,13H2,1-4H3,(H,31,36)(H,34,35)/t17-/m0/s1. The van der Waals surface area contributed by atoms with Crippen molar-refractivity contribution in [1.82, 2.24) is 14.3 Å². The molecule has 0 radical (unpaired) electrons. The molecule has 1 aromatic carbocycles. The summed E-state index contributed by atoms with van der Waals surface area (Å²) in [6, 6.07) is 6.36. The number of halogens is 3. The number of carbonyl (C=O) groups is 2. The molecule has 2 aromatic heterocycles. The van der Waals surface area contributed by atoms with Crippen LogP contribution in [-0.2, 0) is 23.8 Å². The zero-order valence-corrected chi connectivity index (χ0v) is 21.2. The summed E-state index contributed by atoms with van der Waals surface area (Å²) in [6.45, 7) is 8.19. The molecule has 0 aliphatic carbocycles. The second-order valence-corrected chi connectivity index (χ2v) is 9.09. The van der Waals surface area contributed by atoms with E-state index in [9.17, 15) is 22.8 Å². The molecular formula is C26H31F3N4O4. The van der Waals surface area contributed by atoms with E-state index in [1.807, 2.05) is 27.7 Å². The largest absolute Gasteiger partial charge is 0.490 e. The molecule has 8 nitrogen and oxygen atoms in total. The van der Waals surface area contributed by atoms with Crippen molar-refractivity contribution in [1.29, 1.82) is 0 Å². The minimum absolute atomic E-state index is 0.102. The van der Waals surface area contributed by atoms with Crippen LogP contribution in [0.15, 0.2) is 42.7 Å². The van der Waals surface area contributed by atoms with Crippen molar-refractivity contribution in [3.05, 3.63) is 65.2 Å². The van der Waals surface area contributed by atoms with E-state index < -0.39 is 35.7 Å². The number of aliphatic carboxylic acids is 1. The normalized spacial score (nSPS) is 12.5. The van der Waals surface area contributed by atoms with Gasteiger partial charge in [-0.05, 0) is 57.0 Å². The molecule has 11 heteroatoms. The second-order valence-electron chi connectivity index (χ2n) is 9.09. The van der Waals surface area contributed by atoms with Crippen LogP contribution >= 0.6 is 0 Å². The number of hydrogen-bond acceptors (Lipinski definition) is 4. The van der Waals surface area contributed by atoms with Crippen molar-refractivity contribution in [3.63, 3.8) is 0 Å². The molecule has 2 heterocycles. The zero-order valence-electron chi connectivity index (χ0n) is 21.2. The van der Waals surface area contributed by atoms with E-state index >= 15 is 0 Å². The highest BCUT2D eigenvalue weighted by molar-refractivity contribution is 6.04. The van der Waals surface area contributed by atoms with Crippen molar-refractivity contribution in [2.24, 2.45) is 0 Å². The van der Waals surface area contributed by atoms with Gasteiger partial charge in [0, 0.05) is 24.2 Å². The van der Waals surface area contributed by atoms with E-state index in [2.05, 4.69) is 10.4 Å². The summed E-state index contributed by atoms with van der Waals surface area (Å²) in [7, 11) is 0. The van der Waals surface area contributed by atoms with Crippen LogP contribution in [0.3, 0.4) is 0 Å². The first-order valence-corrected chi connectivity index (χ1v) is 12.0. The lowest BCUT2D eigenvalue weighted by molar-refractivity contribution is -0.137. The Morgan fingerprint density at radius 3 is 2.49 bits per heavy atom. The van der Waals surface area contributed by atoms with E-state index in [0.29, 0.717) is 25.2 Å². The van der Waals surface area contributed by atoms with Crippen molar-refractivity contribution in [3.8, 4) is 5.75 Å². The van der Waals surface area contributed by atoms with Gasteiger partial charge >= 0.3 is 12.1 Å². The molecule has 0 aliphatic heterocycles. The zero-order chi connectivity index (χ0) is 27.3. The van der Waals surface area contributed by atoms with Crippen LogP contribution < -0.4 is 10.1 Å². The summed E-state index contributed by atoms with van der Waals surface area (Å²) in [5.41, 5.74) is -0.390. The van der Waals surface area contributed by atoms with Crippen LogP contribution in [0.2, 0.25) is 0 Å². The van der Waals surface area contributed by atoms with Crippen LogP contribution in [0.1, 0.15) is 73.5 Å². The average molecular weight is 521 g/mol. The smallest absolute Gasteiger partial charge is 0.418 e. The lowest BCUT2D eigenvalue weighted by Crippen LogP contribution is -2.22. The Kier molecular flexibility index (Phi) is 8.67. The van der Waals surface area contributed by atoms with Gasteiger partial charge in [0.05, 0.1) is 36.7 Å². The molecule has 3 rings (SSSR count). The van der Waals surface area contributed by atoms with Crippen molar-refractivity contribution < 1.29 is 32.6 Å². The minimum atomic E-state index is -4.73. The first-order valence-electron chi connectivity index (χ1n) is 12.0. The molecule has 2 N–H and O–H groups in total. The minimum Gasteiger partial charge on any atom is -0.490 e. The van der Waals surface area contributed by atoms with E-state index in [1.165, 1.54) is 0 Å². The molecule has 0 aliphatic rings. The second kappa shape index (κ2) is 11.5. The molecule has 0 fully saturated rings. The van der Waals surface area contributed by atoms with Gasteiger partial charge in [-0.3, -0.25) is 14.3 Å². The molecule has 0 unspecified atom stereocenters. The summed E-state index contributed by atoms with van der Waals surface area (Å²) in [4.78, 5) is 24.2. The van der Waals surface area contributed by atoms with Crippen molar-refractivity contribution >= 4 is 17.6 Å². The maximum Gasteiger partial charge on any atom is 0.418 e. The molecule has 1 atom stereocenters. The van der Waals surface area contributed by atoms with Gasteiger partial charge in [-0.1, -0.05) is 13.0 Å². The average Bonchev–Trinajstić information content (AvgIpc) is 3.45. The number of anilines is 1. The van der Waals surface area contributed by atoms with Gasteiger partial charge < -0.3 is 19.7 Å². The number of amides is 1. The number of alkyl halides is 3. The van der Waals surface area contributed by atoms with Gasteiger partial charge in [-0.25, -0.2) is 0 Å². The number of ether oxygens (including phenoxy) is 1. The Balaban J connectivity index is 1.83. The Hall–Kier alpha value is -3.76. The summed E-state index contributed by atoms with van der Waals surface area (Å²) >= 11 is 0. The molecule has 1 amide bonds.